The average molecular weight is 607 g/mol. The maximum absolute atomic E-state index is 12.6. The summed E-state index contributed by atoms with van der Waals surface area (Å²) >= 11 is 9.97. The maximum Gasteiger partial charge on any atom is 0.412 e. The number of nitrogens with one attached hydrogen (secondary N) is 2. The average Bonchev–Trinajstić information content (AvgIpc) is 2.69. The first kappa shape index (κ1) is 24.4. The van der Waals surface area contributed by atoms with Crippen molar-refractivity contribution in [1.82, 2.24) is 5.48 Å². The summed E-state index contributed by atoms with van der Waals surface area (Å²) in [6.45, 7) is 3.44. The molecule has 160 valence electrons. The Morgan fingerprint density at radius 2 is 1.73 bits per heavy atom. The normalized spacial score (nSPS) is 12.5. The first-order valence-electron chi connectivity index (χ1n) is 8.58. The van der Waals surface area contributed by atoms with Gasteiger partial charge in [0, 0.05) is 31.7 Å². The summed E-state index contributed by atoms with van der Waals surface area (Å²) in [4.78, 5) is 24.1. The molecule has 0 saturated heterocycles. The van der Waals surface area contributed by atoms with Crippen LogP contribution in [-0.4, -0.2) is 22.3 Å². The predicted octanol–water partition coefficient (Wildman–Crippen LogP) is 6.06. The standard InChI is InChI=1S/C20H19Br3N2O5/c1-20(2,8-7-16(26)25-29)18(14-9-12(22)10-15(23)17(14)27)30-19(28)24-13-5-3-11(21)4-6-13/h3-10,18,27,29H,1-2H3,(H,24,28)(H,25,26)/b8-7+/t18-/m1/s1. The van der Waals surface area contributed by atoms with Crippen LogP contribution < -0.4 is 10.8 Å². The number of amides is 2. The van der Waals surface area contributed by atoms with Gasteiger partial charge in [0.15, 0.2) is 0 Å². The molecule has 2 aromatic carbocycles. The van der Waals surface area contributed by atoms with E-state index < -0.39 is 23.5 Å². The Morgan fingerprint density at radius 3 is 2.33 bits per heavy atom. The molecule has 2 amide bonds. The van der Waals surface area contributed by atoms with Gasteiger partial charge in [0.2, 0.25) is 0 Å². The number of hydroxylamine groups is 1. The minimum Gasteiger partial charge on any atom is -0.506 e. The van der Waals surface area contributed by atoms with Gasteiger partial charge < -0.3 is 9.84 Å². The summed E-state index contributed by atoms with van der Waals surface area (Å²) < 4.78 is 7.60. The molecule has 0 aliphatic rings. The van der Waals surface area contributed by atoms with Gasteiger partial charge in [-0.2, -0.15) is 0 Å². The van der Waals surface area contributed by atoms with Crippen LogP contribution >= 0.6 is 47.8 Å². The Balaban J connectivity index is 2.40. The van der Waals surface area contributed by atoms with Crippen LogP contribution in [-0.2, 0) is 9.53 Å². The first-order chi connectivity index (χ1) is 14.0. The van der Waals surface area contributed by atoms with Crippen molar-refractivity contribution in [3.63, 3.8) is 0 Å². The number of phenols is 1. The van der Waals surface area contributed by atoms with E-state index in [9.17, 15) is 14.7 Å². The van der Waals surface area contributed by atoms with Crippen LogP contribution in [0.4, 0.5) is 10.5 Å². The zero-order valence-electron chi connectivity index (χ0n) is 15.9. The predicted molar refractivity (Wildman–Crippen MR) is 123 cm³/mol. The Hall–Kier alpha value is -1.88. The van der Waals surface area contributed by atoms with Crippen LogP contribution in [0, 0.1) is 5.41 Å². The highest BCUT2D eigenvalue weighted by molar-refractivity contribution is 9.11. The number of ether oxygens (including phenoxy) is 1. The monoisotopic (exact) mass is 604 g/mol. The third-order valence-electron chi connectivity index (χ3n) is 4.11. The lowest BCUT2D eigenvalue weighted by atomic mass is 9.81. The van der Waals surface area contributed by atoms with E-state index in [1.165, 1.54) is 11.6 Å². The largest absolute Gasteiger partial charge is 0.506 e. The van der Waals surface area contributed by atoms with Crippen LogP contribution in [0.25, 0.3) is 0 Å². The molecule has 2 aromatic rings. The van der Waals surface area contributed by atoms with Gasteiger partial charge in [-0.3, -0.25) is 15.3 Å². The maximum atomic E-state index is 12.6. The number of carbonyl (C=O) groups is 2. The first-order valence-corrected chi connectivity index (χ1v) is 11.0. The summed E-state index contributed by atoms with van der Waals surface area (Å²) in [5, 5.41) is 22.0. The summed E-state index contributed by atoms with van der Waals surface area (Å²) in [6.07, 6.45) is 0.868. The van der Waals surface area contributed by atoms with Crippen LogP contribution in [0.5, 0.6) is 5.75 Å². The van der Waals surface area contributed by atoms with E-state index in [2.05, 4.69) is 53.1 Å². The van der Waals surface area contributed by atoms with E-state index in [1.54, 1.807) is 50.2 Å². The summed E-state index contributed by atoms with van der Waals surface area (Å²) in [5.41, 5.74) is 1.41. The van der Waals surface area contributed by atoms with Crippen LogP contribution in [0.2, 0.25) is 0 Å². The molecule has 0 radical (unpaired) electrons. The fourth-order valence-electron chi connectivity index (χ4n) is 2.60. The van der Waals surface area contributed by atoms with Gasteiger partial charge in [-0.05, 0) is 52.3 Å². The zero-order valence-corrected chi connectivity index (χ0v) is 20.7. The topological polar surface area (TPSA) is 108 Å². The molecule has 0 fully saturated rings. The number of hydrogen-bond acceptors (Lipinski definition) is 5. The van der Waals surface area contributed by atoms with Crippen molar-refractivity contribution in [3.05, 3.63) is 67.5 Å². The number of aromatic hydroxyl groups is 1. The van der Waals surface area contributed by atoms with Gasteiger partial charge in [0.05, 0.1) is 4.47 Å². The zero-order chi connectivity index (χ0) is 22.5. The van der Waals surface area contributed by atoms with Crippen molar-refractivity contribution in [2.75, 3.05) is 5.32 Å². The summed E-state index contributed by atoms with van der Waals surface area (Å²) in [7, 11) is 0. The number of halogens is 3. The molecule has 10 heteroatoms. The fraction of sp³-hybridized carbons (Fsp3) is 0.200. The molecule has 0 bridgehead atoms. The number of anilines is 1. The van der Waals surface area contributed by atoms with Crippen molar-refractivity contribution >= 4 is 65.5 Å². The minimum absolute atomic E-state index is 0.104. The molecule has 1 atom stereocenters. The lowest BCUT2D eigenvalue weighted by Gasteiger charge is -2.32. The number of rotatable bonds is 6. The summed E-state index contributed by atoms with van der Waals surface area (Å²) in [6, 6.07) is 10.2. The molecule has 0 saturated carbocycles. The lowest BCUT2D eigenvalue weighted by Crippen LogP contribution is -2.28. The van der Waals surface area contributed by atoms with Gasteiger partial charge in [0.1, 0.15) is 11.9 Å². The van der Waals surface area contributed by atoms with Gasteiger partial charge in [-0.1, -0.05) is 51.8 Å². The van der Waals surface area contributed by atoms with E-state index in [-0.39, 0.29) is 5.75 Å². The Kier molecular flexibility index (Phi) is 8.48. The second-order valence-electron chi connectivity index (χ2n) is 6.87. The highest BCUT2D eigenvalue weighted by atomic mass is 79.9. The van der Waals surface area contributed by atoms with Crippen LogP contribution in [0.1, 0.15) is 25.5 Å². The van der Waals surface area contributed by atoms with Crippen molar-refractivity contribution < 1.29 is 24.6 Å². The number of carbonyl (C=O) groups excluding carboxylic acids is 2. The van der Waals surface area contributed by atoms with E-state index in [0.717, 1.165) is 10.5 Å². The molecular formula is C20H19Br3N2O5. The summed E-state index contributed by atoms with van der Waals surface area (Å²) in [5.74, 6) is -0.839. The van der Waals surface area contributed by atoms with Crippen LogP contribution in [0.15, 0.2) is 62.0 Å². The molecular weight excluding hydrogens is 588 g/mol. The van der Waals surface area contributed by atoms with Gasteiger partial charge >= 0.3 is 6.09 Å². The highest BCUT2D eigenvalue weighted by Crippen LogP contribution is 2.45. The highest BCUT2D eigenvalue weighted by Gasteiger charge is 2.35. The fourth-order valence-corrected chi connectivity index (χ4v) is 4.13. The number of phenolic OH excluding ortho intramolecular Hbond substituents is 1. The van der Waals surface area contributed by atoms with Gasteiger partial charge in [-0.15, -0.1) is 0 Å². The minimum atomic E-state index is -0.982. The van der Waals surface area contributed by atoms with E-state index in [1.807, 2.05) is 0 Å². The van der Waals surface area contributed by atoms with Crippen molar-refractivity contribution in [2.45, 2.75) is 20.0 Å². The molecule has 0 spiro atoms. The van der Waals surface area contributed by atoms with Gasteiger partial charge in [0.25, 0.3) is 5.91 Å². The molecule has 4 N–H and O–H groups in total. The SMILES string of the molecule is CC(C)(/C=C/C(=O)NO)[C@H](OC(=O)Nc1ccc(Br)cc1)c1cc(Br)cc(Br)c1O. The molecule has 0 unspecified atom stereocenters. The van der Waals surface area contributed by atoms with E-state index >= 15 is 0 Å². The molecule has 7 nitrogen and oxygen atoms in total. The Labute approximate surface area is 198 Å². The van der Waals surface area contributed by atoms with E-state index in [0.29, 0.717) is 20.2 Å². The molecule has 30 heavy (non-hydrogen) atoms. The third kappa shape index (κ3) is 6.56. The molecule has 0 aromatic heterocycles. The van der Waals surface area contributed by atoms with Gasteiger partial charge in [-0.25, -0.2) is 10.3 Å². The Morgan fingerprint density at radius 1 is 1.10 bits per heavy atom. The third-order valence-corrected chi connectivity index (χ3v) is 5.70. The van der Waals surface area contributed by atoms with E-state index in [4.69, 9.17) is 9.94 Å². The molecule has 0 aliphatic carbocycles. The quantitative estimate of drug-likeness (QED) is 0.182. The Bertz CT molecular complexity index is 962. The smallest absolute Gasteiger partial charge is 0.412 e. The molecule has 2 rings (SSSR count). The van der Waals surface area contributed by atoms with Crippen molar-refractivity contribution in [2.24, 2.45) is 5.41 Å². The number of hydrogen-bond donors (Lipinski definition) is 4. The molecule has 0 aliphatic heterocycles. The van der Waals surface area contributed by atoms with Crippen molar-refractivity contribution in [1.29, 1.82) is 0 Å². The van der Waals surface area contributed by atoms with Crippen LogP contribution in [0.3, 0.4) is 0 Å². The second-order valence-corrected chi connectivity index (χ2v) is 9.56. The lowest BCUT2D eigenvalue weighted by molar-refractivity contribution is -0.124. The number of benzene rings is 2. The molecule has 0 heterocycles. The second kappa shape index (κ2) is 10.4. The van der Waals surface area contributed by atoms with Crippen molar-refractivity contribution in [3.8, 4) is 5.75 Å².